The number of para-hydroxylation sites is 1. The van der Waals surface area contributed by atoms with Crippen LogP contribution >= 0.6 is 11.6 Å². The number of amides is 2. The molecule has 31 heavy (non-hydrogen) atoms. The molecule has 1 saturated carbocycles. The van der Waals surface area contributed by atoms with E-state index in [1.54, 1.807) is 29.2 Å². The van der Waals surface area contributed by atoms with Crippen molar-refractivity contribution in [3.63, 3.8) is 0 Å². The molecule has 0 heterocycles. The third-order valence-electron chi connectivity index (χ3n) is 5.72. The molecule has 2 aromatic rings. The van der Waals surface area contributed by atoms with Crippen LogP contribution in [0.3, 0.4) is 0 Å². The average molecular weight is 443 g/mol. The highest BCUT2D eigenvalue weighted by molar-refractivity contribution is 6.32. The molecular formula is C25H31ClN2O3. The van der Waals surface area contributed by atoms with Gasteiger partial charge in [-0.15, -0.1) is 0 Å². The molecule has 1 atom stereocenters. The number of ether oxygens (including phenoxy) is 1. The zero-order valence-electron chi connectivity index (χ0n) is 18.1. The maximum atomic E-state index is 13.2. The lowest BCUT2D eigenvalue weighted by molar-refractivity contribution is -0.143. The van der Waals surface area contributed by atoms with E-state index in [4.69, 9.17) is 16.3 Å². The molecule has 1 unspecified atom stereocenters. The summed E-state index contributed by atoms with van der Waals surface area (Å²) in [5.74, 6) is 0.128. The van der Waals surface area contributed by atoms with Gasteiger partial charge in [0.2, 0.25) is 5.91 Å². The maximum Gasteiger partial charge on any atom is 0.261 e. The molecule has 1 N–H and O–H groups in total. The number of nitrogens with zero attached hydrogens (tertiary/aromatic N) is 1. The van der Waals surface area contributed by atoms with Gasteiger partial charge in [0.15, 0.2) is 6.61 Å². The van der Waals surface area contributed by atoms with E-state index in [1.807, 2.05) is 37.3 Å². The fourth-order valence-corrected chi connectivity index (χ4v) is 4.22. The largest absolute Gasteiger partial charge is 0.482 e. The van der Waals surface area contributed by atoms with E-state index in [0.29, 0.717) is 23.7 Å². The second-order valence-electron chi connectivity index (χ2n) is 7.99. The van der Waals surface area contributed by atoms with Crippen molar-refractivity contribution in [1.82, 2.24) is 10.2 Å². The summed E-state index contributed by atoms with van der Waals surface area (Å²) >= 11 is 6.15. The molecule has 1 fully saturated rings. The van der Waals surface area contributed by atoms with Crippen LogP contribution in [0.2, 0.25) is 5.02 Å². The molecule has 5 nitrogen and oxygen atoms in total. The van der Waals surface area contributed by atoms with E-state index < -0.39 is 6.04 Å². The van der Waals surface area contributed by atoms with Crippen molar-refractivity contribution in [1.29, 1.82) is 0 Å². The van der Waals surface area contributed by atoms with E-state index in [0.717, 1.165) is 31.2 Å². The maximum absolute atomic E-state index is 13.2. The van der Waals surface area contributed by atoms with Gasteiger partial charge in [0.05, 0.1) is 5.02 Å². The van der Waals surface area contributed by atoms with Crippen LogP contribution in [-0.4, -0.2) is 35.4 Å². The number of hydrogen-bond donors (Lipinski definition) is 1. The predicted molar refractivity (Wildman–Crippen MR) is 123 cm³/mol. The van der Waals surface area contributed by atoms with Crippen molar-refractivity contribution in [2.24, 2.45) is 0 Å². The Labute approximate surface area is 189 Å². The zero-order valence-corrected chi connectivity index (χ0v) is 18.8. The Morgan fingerprint density at radius 3 is 2.42 bits per heavy atom. The highest BCUT2D eigenvalue weighted by atomic mass is 35.5. The summed E-state index contributed by atoms with van der Waals surface area (Å²) in [5, 5.41) is 3.63. The third-order valence-corrected chi connectivity index (χ3v) is 6.03. The highest BCUT2D eigenvalue weighted by Gasteiger charge is 2.30. The number of benzene rings is 2. The van der Waals surface area contributed by atoms with Crippen LogP contribution < -0.4 is 10.1 Å². The molecule has 6 heteroatoms. The zero-order chi connectivity index (χ0) is 22.1. The van der Waals surface area contributed by atoms with Crippen molar-refractivity contribution in [2.75, 3.05) is 6.61 Å². The number of hydrogen-bond acceptors (Lipinski definition) is 3. The second kappa shape index (κ2) is 11.8. The van der Waals surface area contributed by atoms with Crippen molar-refractivity contribution in [2.45, 2.75) is 64.1 Å². The van der Waals surface area contributed by atoms with Crippen LogP contribution in [0.4, 0.5) is 0 Å². The van der Waals surface area contributed by atoms with Crippen molar-refractivity contribution < 1.29 is 14.3 Å². The summed E-state index contributed by atoms with van der Waals surface area (Å²) in [6.07, 6.45) is 6.04. The number of rotatable bonds is 9. The Hall–Kier alpha value is -2.53. The number of carbonyl (C=O) groups is 2. The first-order chi connectivity index (χ1) is 15.1. The van der Waals surface area contributed by atoms with Gasteiger partial charge in [0.25, 0.3) is 5.91 Å². The van der Waals surface area contributed by atoms with Gasteiger partial charge >= 0.3 is 0 Å². The minimum atomic E-state index is -0.551. The lowest BCUT2D eigenvalue weighted by Gasteiger charge is -2.32. The van der Waals surface area contributed by atoms with Gasteiger partial charge in [-0.2, -0.15) is 0 Å². The van der Waals surface area contributed by atoms with Crippen molar-refractivity contribution in [3.8, 4) is 5.75 Å². The summed E-state index contributed by atoms with van der Waals surface area (Å²) in [6.45, 7) is 2.11. The molecule has 0 spiro atoms. The minimum Gasteiger partial charge on any atom is -0.482 e. The molecule has 1 aliphatic carbocycles. The molecule has 166 valence electrons. The van der Waals surface area contributed by atoms with Gasteiger partial charge in [0.1, 0.15) is 11.8 Å². The third kappa shape index (κ3) is 6.73. The Morgan fingerprint density at radius 2 is 1.74 bits per heavy atom. The first kappa shape index (κ1) is 23.1. The van der Waals surface area contributed by atoms with Gasteiger partial charge in [-0.25, -0.2) is 0 Å². The molecule has 1 aliphatic rings. The first-order valence-electron chi connectivity index (χ1n) is 11.1. The van der Waals surface area contributed by atoms with E-state index in [-0.39, 0.29) is 24.5 Å². The molecule has 0 bridgehead atoms. The SMILES string of the molecule is CCC(C(=O)NC1CCCCC1)N(Cc1ccccc1)C(=O)COc1ccccc1Cl. The normalized spacial score (nSPS) is 15.2. The number of carbonyl (C=O) groups excluding carboxylic acids is 2. The Kier molecular flexibility index (Phi) is 8.77. The quantitative estimate of drug-likeness (QED) is 0.596. The van der Waals surface area contributed by atoms with E-state index >= 15 is 0 Å². The Morgan fingerprint density at radius 1 is 1.06 bits per heavy atom. The van der Waals surface area contributed by atoms with Gasteiger partial charge in [-0.05, 0) is 37.0 Å². The van der Waals surface area contributed by atoms with Gasteiger partial charge in [0, 0.05) is 12.6 Å². The number of halogens is 1. The lowest BCUT2D eigenvalue weighted by atomic mass is 9.95. The van der Waals surface area contributed by atoms with Crippen molar-refractivity contribution >= 4 is 23.4 Å². The summed E-state index contributed by atoms with van der Waals surface area (Å²) in [7, 11) is 0. The molecule has 2 aromatic carbocycles. The summed E-state index contributed by atoms with van der Waals surface area (Å²) in [6, 6.07) is 16.4. The monoisotopic (exact) mass is 442 g/mol. The molecule has 3 rings (SSSR count). The second-order valence-corrected chi connectivity index (χ2v) is 8.40. The topological polar surface area (TPSA) is 58.6 Å². The molecule has 0 aliphatic heterocycles. The van der Waals surface area contributed by atoms with E-state index in [9.17, 15) is 9.59 Å². The van der Waals surface area contributed by atoms with Crippen LogP contribution in [-0.2, 0) is 16.1 Å². The van der Waals surface area contributed by atoms with Crippen LogP contribution in [0.5, 0.6) is 5.75 Å². The summed E-state index contributed by atoms with van der Waals surface area (Å²) in [5.41, 5.74) is 0.970. The molecule has 0 saturated heterocycles. The van der Waals surface area contributed by atoms with E-state index in [2.05, 4.69) is 5.32 Å². The Balaban J connectivity index is 1.73. The molecular weight excluding hydrogens is 412 g/mol. The van der Waals surface area contributed by atoms with E-state index in [1.165, 1.54) is 6.42 Å². The molecule has 0 aromatic heterocycles. The first-order valence-corrected chi connectivity index (χ1v) is 11.5. The molecule has 0 radical (unpaired) electrons. The smallest absolute Gasteiger partial charge is 0.261 e. The standard InChI is InChI=1S/C25H31ClN2O3/c1-2-22(25(30)27-20-13-7-4-8-14-20)28(17-19-11-5-3-6-12-19)24(29)18-31-23-16-10-9-15-21(23)26/h3,5-6,9-12,15-16,20,22H,2,4,7-8,13-14,17-18H2,1H3,(H,27,30). The summed E-state index contributed by atoms with van der Waals surface area (Å²) in [4.78, 5) is 28.0. The number of nitrogens with one attached hydrogen (secondary N) is 1. The van der Waals surface area contributed by atoms with Gasteiger partial charge < -0.3 is 15.0 Å². The van der Waals surface area contributed by atoms with Crippen LogP contribution in [0.15, 0.2) is 54.6 Å². The summed E-state index contributed by atoms with van der Waals surface area (Å²) < 4.78 is 5.69. The molecule has 2 amide bonds. The van der Waals surface area contributed by atoms with Crippen LogP contribution in [0.25, 0.3) is 0 Å². The van der Waals surface area contributed by atoms with Crippen molar-refractivity contribution in [3.05, 3.63) is 65.2 Å². The van der Waals surface area contributed by atoms with Crippen LogP contribution in [0.1, 0.15) is 51.0 Å². The lowest BCUT2D eigenvalue weighted by Crippen LogP contribution is -2.52. The predicted octanol–water partition coefficient (Wildman–Crippen LogP) is 4.98. The van der Waals surface area contributed by atoms with Gasteiger partial charge in [-0.3, -0.25) is 9.59 Å². The minimum absolute atomic E-state index is 0.0866. The fourth-order valence-electron chi connectivity index (χ4n) is 4.03. The average Bonchev–Trinajstić information content (AvgIpc) is 2.79. The highest BCUT2D eigenvalue weighted by Crippen LogP contribution is 2.23. The fraction of sp³-hybridized carbons (Fsp3) is 0.440. The van der Waals surface area contributed by atoms with Gasteiger partial charge in [-0.1, -0.05) is 80.3 Å². The van der Waals surface area contributed by atoms with Crippen LogP contribution in [0, 0.1) is 0 Å². The Bertz CT molecular complexity index is 853.